The summed E-state index contributed by atoms with van der Waals surface area (Å²) in [5.41, 5.74) is 1.82. The predicted molar refractivity (Wildman–Crippen MR) is 71.3 cm³/mol. The molecular formula is C14H14N2O3. The number of anilines is 1. The Morgan fingerprint density at radius 1 is 1.53 bits per heavy atom. The normalized spacial score (nSPS) is 12.7. The van der Waals surface area contributed by atoms with E-state index in [0.29, 0.717) is 12.2 Å². The van der Waals surface area contributed by atoms with Gasteiger partial charge in [0, 0.05) is 19.3 Å². The molecule has 0 radical (unpaired) electrons. The molecule has 5 nitrogen and oxygen atoms in total. The maximum Gasteiger partial charge on any atom is 0.335 e. The van der Waals surface area contributed by atoms with Gasteiger partial charge in [0.2, 0.25) is 0 Å². The van der Waals surface area contributed by atoms with Crippen molar-refractivity contribution in [1.82, 2.24) is 4.90 Å². The van der Waals surface area contributed by atoms with Crippen LogP contribution in [0.4, 0.5) is 10.5 Å². The third-order valence-corrected chi connectivity index (χ3v) is 3.11. The van der Waals surface area contributed by atoms with Gasteiger partial charge in [-0.3, -0.25) is 4.90 Å². The number of fused-ring (bicyclic) bond motifs is 1. The number of carboxylic acids is 1. The summed E-state index contributed by atoms with van der Waals surface area (Å²) in [5.74, 6) is 1.41. The van der Waals surface area contributed by atoms with E-state index in [2.05, 4.69) is 5.92 Å². The molecule has 2 rings (SSSR count). The van der Waals surface area contributed by atoms with E-state index >= 15 is 0 Å². The minimum Gasteiger partial charge on any atom is -0.478 e. The molecule has 1 N–H and O–H groups in total. The zero-order valence-corrected chi connectivity index (χ0v) is 10.6. The first-order valence-electron chi connectivity index (χ1n) is 5.87. The van der Waals surface area contributed by atoms with Crippen LogP contribution in [0.2, 0.25) is 0 Å². The lowest BCUT2D eigenvalue weighted by atomic mass is 10.1. The molecule has 5 heteroatoms. The highest BCUT2D eigenvalue weighted by atomic mass is 16.4. The number of benzene rings is 1. The highest BCUT2D eigenvalue weighted by molar-refractivity contribution is 5.97. The number of nitrogens with zero attached hydrogens (tertiary/aromatic N) is 2. The molecule has 2 amide bonds. The van der Waals surface area contributed by atoms with E-state index in [1.54, 1.807) is 24.1 Å². The molecule has 0 atom stereocenters. The number of carboxylic acid groups (broad SMARTS) is 1. The van der Waals surface area contributed by atoms with Crippen LogP contribution < -0.4 is 4.90 Å². The highest BCUT2D eigenvalue weighted by Gasteiger charge is 2.27. The second-order valence-electron chi connectivity index (χ2n) is 4.39. The summed E-state index contributed by atoms with van der Waals surface area (Å²) in [5, 5.41) is 8.99. The Labute approximate surface area is 111 Å². The fourth-order valence-electron chi connectivity index (χ4n) is 2.12. The maximum absolute atomic E-state index is 12.2. The Morgan fingerprint density at radius 3 is 2.89 bits per heavy atom. The molecule has 0 aromatic heterocycles. The fraction of sp³-hybridized carbons (Fsp3) is 0.286. The molecule has 98 valence electrons. The molecule has 0 bridgehead atoms. The first kappa shape index (κ1) is 13.0. The van der Waals surface area contributed by atoms with Crippen LogP contribution >= 0.6 is 0 Å². The maximum atomic E-state index is 12.2. The molecule has 0 unspecified atom stereocenters. The minimum absolute atomic E-state index is 0.179. The number of hydrogen-bond donors (Lipinski definition) is 1. The summed E-state index contributed by atoms with van der Waals surface area (Å²) in [6, 6.07) is 4.64. The van der Waals surface area contributed by atoms with Gasteiger partial charge in [-0.15, -0.1) is 6.42 Å². The first-order chi connectivity index (χ1) is 9.04. The smallest absolute Gasteiger partial charge is 0.335 e. The van der Waals surface area contributed by atoms with Gasteiger partial charge in [0.25, 0.3) is 0 Å². The SMILES string of the molecule is C#CCN(C)C(=O)N1CCc2ccc(C(=O)O)cc21. The first-order valence-corrected chi connectivity index (χ1v) is 5.87. The summed E-state index contributed by atoms with van der Waals surface area (Å²) >= 11 is 0. The van der Waals surface area contributed by atoms with Gasteiger partial charge < -0.3 is 10.0 Å². The molecule has 0 spiro atoms. The van der Waals surface area contributed by atoms with Crippen molar-refractivity contribution in [2.75, 3.05) is 25.0 Å². The van der Waals surface area contributed by atoms with Crippen molar-refractivity contribution < 1.29 is 14.7 Å². The Kier molecular flexibility index (Phi) is 3.43. The Bertz CT molecular complexity index is 575. The second kappa shape index (κ2) is 5.02. The number of amides is 2. The lowest BCUT2D eigenvalue weighted by molar-refractivity contribution is 0.0697. The van der Waals surface area contributed by atoms with Crippen molar-refractivity contribution in [3.05, 3.63) is 29.3 Å². The van der Waals surface area contributed by atoms with Crippen LogP contribution in [0, 0.1) is 12.3 Å². The van der Waals surface area contributed by atoms with E-state index in [9.17, 15) is 9.59 Å². The number of carbonyl (C=O) groups is 2. The summed E-state index contributed by atoms with van der Waals surface area (Å²) in [7, 11) is 1.63. The van der Waals surface area contributed by atoms with E-state index < -0.39 is 5.97 Å². The zero-order valence-electron chi connectivity index (χ0n) is 10.6. The molecule has 1 aliphatic heterocycles. The van der Waals surface area contributed by atoms with Crippen molar-refractivity contribution >= 4 is 17.7 Å². The number of rotatable bonds is 2. The summed E-state index contributed by atoms with van der Waals surface area (Å²) in [6.45, 7) is 0.773. The molecule has 0 saturated carbocycles. The summed E-state index contributed by atoms with van der Waals surface area (Å²) in [4.78, 5) is 26.2. The largest absolute Gasteiger partial charge is 0.478 e. The average molecular weight is 258 g/mol. The molecule has 1 aromatic carbocycles. The van der Waals surface area contributed by atoms with Crippen molar-refractivity contribution in [2.45, 2.75) is 6.42 Å². The van der Waals surface area contributed by atoms with Crippen LogP contribution in [0.25, 0.3) is 0 Å². The Balaban J connectivity index is 2.30. The van der Waals surface area contributed by atoms with Gasteiger partial charge in [-0.2, -0.15) is 0 Å². The van der Waals surface area contributed by atoms with Gasteiger partial charge >= 0.3 is 12.0 Å². The monoisotopic (exact) mass is 258 g/mol. The van der Waals surface area contributed by atoms with Crippen LogP contribution in [-0.2, 0) is 6.42 Å². The molecule has 0 fully saturated rings. The van der Waals surface area contributed by atoms with Gasteiger partial charge in [0.15, 0.2) is 0 Å². The average Bonchev–Trinajstić information content (AvgIpc) is 2.80. The summed E-state index contributed by atoms with van der Waals surface area (Å²) in [6.07, 6.45) is 5.91. The molecular weight excluding hydrogens is 244 g/mol. The van der Waals surface area contributed by atoms with Gasteiger partial charge in [0.05, 0.1) is 12.1 Å². The van der Waals surface area contributed by atoms with Crippen molar-refractivity contribution in [3.63, 3.8) is 0 Å². The standard InChI is InChI=1S/C14H14N2O3/c1-3-7-15(2)14(19)16-8-6-10-4-5-11(13(17)18)9-12(10)16/h1,4-5,9H,6-8H2,2H3,(H,17,18). The number of aromatic carboxylic acids is 1. The molecule has 1 heterocycles. The highest BCUT2D eigenvalue weighted by Crippen LogP contribution is 2.29. The van der Waals surface area contributed by atoms with Gasteiger partial charge in [-0.1, -0.05) is 12.0 Å². The molecule has 0 saturated heterocycles. The van der Waals surface area contributed by atoms with Crippen LogP contribution in [0.3, 0.4) is 0 Å². The quantitative estimate of drug-likeness (QED) is 0.816. The molecule has 1 aliphatic rings. The lowest BCUT2D eigenvalue weighted by Crippen LogP contribution is -2.40. The van der Waals surface area contributed by atoms with Crippen molar-refractivity contribution in [1.29, 1.82) is 0 Å². The third kappa shape index (κ3) is 2.38. The molecule has 1 aromatic rings. The van der Waals surface area contributed by atoms with E-state index in [0.717, 1.165) is 12.0 Å². The van der Waals surface area contributed by atoms with Crippen LogP contribution in [0.5, 0.6) is 0 Å². The zero-order chi connectivity index (χ0) is 14.0. The topological polar surface area (TPSA) is 60.9 Å². The Morgan fingerprint density at radius 2 is 2.26 bits per heavy atom. The van der Waals surface area contributed by atoms with Crippen LogP contribution in [0.15, 0.2) is 18.2 Å². The lowest BCUT2D eigenvalue weighted by Gasteiger charge is -2.23. The number of hydrogen-bond acceptors (Lipinski definition) is 2. The van der Waals surface area contributed by atoms with E-state index in [1.165, 1.54) is 11.0 Å². The predicted octanol–water partition coefficient (Wildman–Crippen LogP) is 1.43. The van der Waals surface area contributed by atoms with Crippen LogP contribution in [0.1, 0.15) is 15.9 Å². The van der Waals surface area contributed by atoms with E-state index in [-0.39, 0.29) is 18.1 Å². The minimum atomic E-state index is -1.00. The number of urea groups is 1. The van der Waals surface area contributed by atoms with E-state index in [4.69, 9.17) is 11.5 Å². The van der Waals surface area contributed by atoms with Crippen molar-refractivity contribution in [2.24, 2.45) is 0 Å². The fourth-order valence-corrected chi connectivity index (χ4v) is 2.12. The Hall–Kier alpha value is -2.48. The third-order valence-electron chi connectivity index (χ3n) is 3.11. The van der Waals surface area contributed by atoms with Gasteiger partial charge in [-0.05, 0) is 24.1 Å². The van der Waals surface area contributed by atoms with Crippen molar-refractivity contribution in [3.8, 4) is 12.3 Å². The molecule has 0 aliphatic carbocycles. The van der Waals surface area contributed by atoms with Gasteiger partial charge in [-0.25, -0.2) is 9.59 Å². The van der Waals surface area contributed by atoms with Gasteiger partial charge in [0.1, 0.15) is 0 Å². The summed E-state index contributed by atoms with van der Waals surface area (Å²) < 4.78 is 0. The number of carbonyl (C=O) groups excluding carboxylic acids is 1. The number of terminal acetylenes is 1. The van der Waals surface area contributed by atoms with E-state index in [1.807, 2.05) is 0 Å². The van der Waals surface area contributed by atoms with Crippen LogP contribution in [-0.4, -0.2) is 42.1 Å². The second-order valence-corrected chi connectivity index (χ2v) is 4.39. The molecule has 19 heavy (non-hydrogen) atoms.